The number of aromatic hydroxyl groups is 1. The Labute approximate surface area is 149 Å². The van der Waals surface area contributed by atoms with Crippen LogP contribution in [0.5, 0.6) is 5.75 Å². The van der Waals surface area contributed by atoms with Crippen molar-refractivity contribution in [1.82, 2.24) is 9.88 Å². The summed E-state index contributed by atoms with van der Waals surface area (Å²) in [7, 11) is 0. The van der Waals surface area contributed by atoms with Gasteiger partial charge in [-0.05, 0) is 17.7 Å². The van der Waals surface area contributed by atoms with Gasteiger partial charge < -0.3 is 20.1 Å². The van der Waals surface area contributed by atoms with E-state index in [1.807, 2.05) is 24.3 Å². The van der Waals surface area contributed by atoms with Crippen LogP contribution in [-0.4, -0.2) is 38.0 Å². The lowest BCUT2D eigenvalue weighted by molar-refractivity contribution is -0.151. The van der Waals surface area contributed by atoms with Gasteiger partial charge in [-0.15, -0.1) is 0 Å². The molecule has 6 nitrogen and oxygen atoms in total. The minimum absolute atomic E-state index is 0.0272. The maximum Gasteiger partial charge on any atom is 0.326 e. The van der Waals surface area contributed by atoms with Crippen LogP contribution >= 0.6 is 0 Å². The zero-order chi connectivity index (χ0) is 18.4. The number of carboxylic acid groups (broad SMARTS) is 1. The molecule has 1 aliphatic rings. The van der Waals surface area contributed by atoms with Crippen LogP contribution in [0, 0.1) is 0 Å². The van der Waals surface area contributed by atoms with Crippen molar-refractivity contribution in [2.75, 3.05) is 0 Å². The van der Waals surface area contributed by atoms with Crippen molar-refractivity contribution in [3.8, 4) is 5.75 Å². The molecule has 1 amide bonds. The summed E-state index contributed by atoms with van der Waals surface area (Å²) in [4.78, 5) is 29.0. The monoisotopic (exact) mass is 350 g/mol. The Kier molecular flexibility index (Phi) is 3.68. The van der Waals surface area contributed by atoms with Gasteiger partial charge in [0.25, 0.3) is 0 Å². The summed E-state index contributed by atoms with van der Waals surface area (Å²) in [5, 5.41) is 21.1. The Morgan fingerprint density at radius 2 is 1.81 bits per heavy atom. The summed E-state index contributed by atoms with van der Waals surface area (Å²) in [5.74, 6) is -1.38. The van der Waals surface area contributed by atoms with Crippen LogP contribution in [0.25, 0.3) is 10.9 Å². The number of amides is 1. The highest BCUT2D eigenvalue weighted by Crippen LogP contribution is 2.43. The van der Waals surface area contributed by atoms with E-state index in [2.05, 4.69) is 4.98 Å². The number of aromatic amines is 1. The molecule has 0 bridgehead atoms. The van der Waals surface area contributed by atoms with Gasteiger partial charge in [-0.2, -0.15) is 0 Å². The molecule has 3 N–H and O–H groups in total. The number of carboxylic acids is 1. The molecule has 6 heteroatoms. The first-order valence-corrected chi connectivity index (χ1v) is 8.38. The molecule has 132 valence electrons. The van der Waals surface area contributed by atoms with Crippen LogP contribution in [0.15, 0.2) is 48.5 Å². The van der Waals surface area contributed by atoms with Gasteiger partial charge in [0.05, 0.1) is 0 Å². The van der Waals surface area contributed by atoms with Crippen molar-refractivity contribution in [2.24, 2.45) is 0 Å². The standard InChI is InChI=1S/C20H18N2O4/c1-11(23)22-16(20(25)26)10-14-12-6-2-4-8-15(12)21-18(14)19(22)13-7-3-5-9-17(13)24/h2-9,16,19,21,24H,10H2,1H3,(H,25,26). The molecule has 0 spiro atoms. The Balaban J connectivity index is 2.03. The lowest BCUT2D eigenvalue weighted by atomic mass is 9.87. The van der Waals surface area contributed by atoms with Crippen molar-refractivity contribution in [1.29, 1.82) is 0 Å². The van der Waals surface area contributed by atoms with Gasteiger partial charge in [-0.1, -0.05) is 36.4 Å². The van der Waals surface area contributed by atoms with E-state index in [1.54, 1.807) is 24.3 Å². The normalized spacial score (nSPS) is 19.3. The van der Waals surface area contributed by atoms with E-state index in [9.17, 15) is 19.8 Å². The Hall–Kier alpha value is -3.28. The maximum atomic E-state index is 12.4. The first-order valence-electron chi connectivity index (χ1n) is 8.38. The highest BCUT2D eigenvalue weighted by Gasteiger charge is 2.43. The number of carbonyl (C=O) groups is 2. The molecule has 2 heterocycles. The summed E-state index contributed by atoms with van der Waals surface area (Å²) in [6.07, 6.45) is 0.221. The van der Waals surface area contributed by atoms with Crippen LogP contribution in [0.3, 0.4) is 0 Å². The quantitative estimate of drug-likeness (QED) is 0.662. The fourth-order valence-electron chi connectivity index (χ4n) is 3.92. The van der Waals surface area contributed by atoms with Crippen molar-refractivity contribution in [2.45, 2.75) is 25.4 Å². The Bertz CT molecular complexity index is 1020. The summed E-state index contributed by atoms with van der Waals surface area (Å²) in [5.41, 5.74) is 3.01. The number of H-pyrrole nitrogens is 1. The summed E-state index contributed by atoms with van der Waals surface area (Å²) >= 11 is 0. The third kappa shape index (κ3) is 2.34. The molecular formula is C20H18N2O4. The lowest BCUT2D eigenvalue weighted by Gasteiger charge is -2.40. The summed E-state index contributed by atoms with van der Waals surface area (Å²) in [6.45, 7) is 1.36. The van der Waals surface area contributed by atoms with E-state index in [4.69, 9.17) is 0 Å². The first kappa shape index (κ1) is 16.2. The Morgan fingerprint density at radius 1 is 1.12 bits per heavy atom. The average Bonchev–Trinajstić information content (AvgIpc) is 2.99. The van der Waals surface area contributed by atoms with Crippen LogP contribution in [0.2, 0.25) is 0 Å². The second-order valence-corrected chi connectivity index (χ2v) is 6.51. The number of aliphatic carboxylic acids is 1. The van der Waals surface area contributed by atoms with Gasteiger partial charge >= 0.3 is 5.97 Å². The van der Waals surface area contributed by atoms with Gasteiger partial charge in [0.15, 0.2) is 0 Å². The number of rotatable bonds is 2. The summed E-state index contributed by atoms with van der Waals surface area (Å²) < 4.78 is 0. The number of para-hydroxylation sites is 2. The van der Waals surface area contributed by atoms with Crippen molar-refractivity contribution >= 4 is 22.8 Å². The highest BCUT2D eigenvalue weighted by atomic mass is 16.4. The molecule has 0 fully saturated rings. The molecule has 4 rings (SSSR count). The molecule has 2 atom stereocenters. The maximum absolute atomic E-state index is 12.4. The smallest absolute Gasteiger partial charge is 0.326 e. The van der Waals surface area contributed by atoms with E-state index in [1.165, 1.54) is 11.8 Å². The van der Waals surface area contributed by atoms with Crippen LogP contribution in [0.4, 0.5) is 0 Å². The predicted octanol–water partition coefficient (Wildman–Crippen LogP) is 2.82. The minimum Gasteiger partial charge on any atom is -0.508 e. The topological polar surface area (TPSA) is 93.6 Å². The molecule has 2 unspecified atom stereocenters. The number of fused-ring (bicyclic) bond motifs is 3. The fraction of sp³-hybridized carbons (Fsp3) is 0.200. The van der Waals surface area contributed by atoms with Gasteiger partial charge in [-0.25, -0.2) is 4.79 Å². The predicted molar refractivity (Wildman–Crippen MR) is 95.9 cm³/mol. The van der Waals surface area contributed by atoms with Crippen molar-refractivity contribution in [3.05, 3.63) is 65.4 Å². The van der Waals surface area contributed by atoms with E-state index in [-0.39, 0.29) is 18.1 Å². The molecule has 0 saturated carbocycles. The van der Waals surface area contributed by atoms with Crippen molar-refractivity contribution < 1.29 is 19.8 Å². The average molecular weight is 350 g/mol. The third-order valence-electron chi connectivity index (χ3n) is 5.01. The number of aromatic nitrogens is 1. The molecule has 3 aromatic rings. The number of hydrogen-bond donors (Lipinski definition) is 3. The second-order valence-electron chi connectivity index (χ2n) is 6.51. The van der Waals surface area contributed by atoms with E-state index in [0.29, 0.717) is 5.56 Å². The second kappa shape index (κ2) is 5.91. The highest BCUT2D eigenvalue weighted by molar-refractivity contribution is 5.90. The van der Waals surface area contributed by atoms with E-state index < -0.39 is 18.1 Å². The number of hydrogen-bond acceptors (Lipinski definition) is 3. The van der Waals surface area contributed by atoms with Gasteiger partial charge in [-0.3, -0.25) is 4.79 Å². The molecule has 1 aromatic heterocycles. The molecule has 1 aliphatic heterocycles. The fourth-order valence-corrected chi connectivity index (χ4v) is 3.92. The minimum atomic E-state index is -1.06. The third-order valence-corrected chi connectivity index (χ3v) is 5.01. The van der Waals surface area contributed by atoms with E-state index >= 15 is 0 Å². The number of benzene rings is 2. The van der Waals surface area contributed by atoms with E-state index in [0.717, 1.165) is 22.2 Å². The molecule has 2 aromatic carbocycles. The Morgan fingerprint density at radius 3 is 2.50 bits per heavy atom. The number of carbonyl (C=O) groups excluding carboxylic acids is 1. The molecule has 0 saturated heterocycles. The molecule has 0 radical (unpaired) electrons. The number of nitrogens with zero attached hydrogens (tertiary/aromatic N) is 1. The molecule has 0 aliphatic carbocycles. The van der Waals surface area contributed by atoms with Crippen LogP contribution in [0.1, 0.15) is 29.8 Å². The largest absolute Gasteiger partial charge is 0.508 e. The van der Waals surface area contributed by atoms with Gasteiger partial charge in [0.1, 0.15) is 17.8 Å². The molecular weight excluding hydrogens is 332 g/mol. The summed E-state index contributed by atoms with van der Waals surface area (Å²) in [6, 6.07) is 12.7. The van der Waals surface area contributed by atoms with Crippen LogP contribution in [-0.2, 0) is 16.0 Å². The first-order chi connectivity index (χ1) is 12.5. The number of nitrogens with one attached hydrogen (secondary N) is 1. The van der Waals surface area contributed by atoms with Crippen LogP contribution < -0.4 is 0 Å². The van der Waals surface area contributed by atoms with Gasteiger partial charge in [0.2, 0.25) is 5.91 Å². The molecule has 26 heavy (non-hydrogen) atoms. The van der Waals surface area contributed by atoms with Gasteiger partial charge in [0, 0.05) is 35.5 Å². The van der Waals surface area contributed by atoms with Crippen molar-refractivity contribution in [3.63, 3.8) is 0 Å². The SMILES string of the molecule is CC(=O)N1C(C(=O)O)Cc2c([nH]c3ccccc23)C1c1ccccc1O. The number of phenolic OH excluding ortho intramolecular Hbond substituents is 1. The zero-order valence-electron chi connectivity index (χ0n) is 14.1. The zero-order valence-corrected chi connectivity index (χ0v) is 14.1. The number of phenols is 1. The lowest BCUT2D eigenvalue weighted by Crippen LogP contribution is -2.50.